The molecule has 0 bridgehead atoms. The first kappa shape index (κ1) is 14.8. The summed E-state index contributed by atoms with van der Waals surface area (Å²) in [6, 6.07) is 0. The van der Waals surface area contributed by atoms with E-state index in [1.165, 1.54) is 6.92 Å². The summed E-state index contributed by atoms with van der Waals surface area (Å²) >= 11 is 5.86. The number of nitrogens with zero attached hydrogens (tertiary/aromatic N) is 4. The summed E-state index contributed by atoms with van der Waals surface area (Å²) in [5.41, 5.74) is 2.93. The second-order valence-corrected chi connectivity index (χ2v) is 5.08. The third-order valence-corrected chi connectivity index (χ3v) is 3.42. The summed E-state index contributed by atoms with van der Waals surface area (Å²) in [5.74, 6) is 1.45. The predicted molar refractivity (Wildman–Crippen MR) is 79.0 cm³/mol. The van der Waals surface area contributed by atoms with Crippen LogP contribution in [0.5, 0.6) is 0 Å². The molecule has 1 N–H and O–H groups in total. The van der Waals surface area contributed by atoms with Crippen molar-refractivity contribution in [1.29, 1.82) is 0 Å². The molecule has 0 fully saturated rings. The summed E-state index contributed by atoms with van der Waals surface area (Å²) in [6.07, 6.45) is 1.56. The minimum absolute atomic E-state index is 0.0282. The Morgan fingerprint density at radius 1 is 1.45 bits per heavy atom. The molecule has 2 heterocycles. The fourth-order valence-electron chi connectivity index (χ4n) is 2.38. The van der Waals surface area contributed by atoms with Gasteiger partial charge in [0, 0.05) is 39.4 Å². The van der Waals surface area contributed by atoms with Crippen LogP contribution in [0.25, 0.3) is 11.2 Å². The molecule has 20 heavy (non-hydrogen) atoms. The largest absolute Gasteiger partial charge is 0.355 e. The highest BCUT2D eigenvalue weighted by Gasteiger charge is 2.17. The van der Waals surface area contributed by atoms with Crippen molar-refractivity contribution >= 4 is 28.7 Å². The zero-order chi connectivity index (χ0) is 14.7. The molecule has 6 nitrogen and oxygen atoms in total. The molecule has 0 radical (unpaired) electrons. The maximum absolute atomic E-state index is 11.0. The van der Waals surface area contributed by atoms with Crippen molar-refractivity contribution < 1.29 is 4.79 Å². The van der Waals surface area contributed by atoms with Crippen LogP contribution in [0.3, 0.4) is 0 Å². The van der Waals surface area contributed by atoms with Gasteiger partial charge in [0.15, 0.2) is 5.65 Å². The number of hydrogen-bond acceptors (Lipinski definition) is 3. The quantitative estimate of drug-likeness (QED) is 0.816. The number of alkyl halides is 1. The normalized spacial score (nSPS) is 11.2. The first-order valence-corrected chi connectivity index (χ1v) is 7.33. The fourth-order valence-corrected chi connectivity index (χ4v) is 2.55. The van der Waals surface area contributed by atoms with Gasteiger partial charge in [-0.3, -0.25) is 9.48 Å². The van der Waals surface area contributed by atoms with Gasteiger partial charge in [-0.15, -0.1) is 11.6 Å². The fraction of sp³-hybridized carbons (Fsp3) is 0.615. The minimum atomic E-state index is -0.0282. The van der Waals surface area contributed by atoms with Crippen molar-refractivity contribution in [2.24, 2.45) is 7.05 Å². The molecule has 1 amide bonds. The summed E-state index contributed by atoms with van der Waals surface area (Å²) in [6.45, 7) is 4.83. The van der Waals surface area contributed by atoms with E-state index in [9.17, 15) is 4.79 Å². The molecule has 2 aromatic rings. The first-order valence-electron chi connectivity index (χ1n) is 6.79. The number of amides is 1. The number of imidazole rings is 1. The number of hydrogen-bond donors (Lipinski definition) is 1. The van der Waals surface area contributed by atoms with Gasteiger partial charge < -0.3 is 9.88 Å². The van der Waals surface area contributed by atoms with E-state index in [-0.39, 0.29) is 5.91 Å². The third-order valence-electron chi connectivity index (χ3n) is 3.23. The lowest BCUT2D eigenvalue weighted by molar-refractivity contribution is -0.118. The average molecular weight is 298 g/mol. The summed E-state index contributed by atoms with van der Waals surface area (Å²) in [5, 5.41) is 7.29. The Morgan fingerprint density at radius 3 is 2.80 bits per heavy atom. The number of fused-ring (bicyclic) bond motifs is 1. The van der Waals surface area contributed by atoms with Gasteiger partial charge in [-0.05, 0) is 6.42 Å². The summed E-state index contributed by atoms with van der Waals surface area (Å²) in [7, 11) is 1.92. The van der Waals surface area contributed by atoms with Crippen LogP contribution in [-0.2, 0) is 31.2 Å². The van der Waals surface area contributed by atoms with Crippen LogP contribution in [0.1, 0.15) is 25.4 Å². The van der Waals surface area contributed by atoms with Crippen molar-refractivity contribution in [2.75, 3.05) is 12.4 Å². The van der Waals surface area contributed by atoms with Crippen molar-refractivity contribution in [1.82, 2.24) is 24.6 Å². The Kier molecular flexibility index (Phi) is 4.65. The van der Waals surface area contributed by atoms with Crippen LogP contribution < -0.4 is 5.32 Å². The number of rotatable bonds is 6. The van der Waals surface area contributed by atoms with Gasteiger partial charge in [-0.1, -0.05) is 6.92 Å². The highest BCUT2D eigenvalue weighted by Crippen LogP contribution is 2.20. The van der Waals surface area contributed by atoms with Crippen LogP contribution in [0, 0.1) is 0 Å². The van der Waals surface area contributed by atoms with Crippen molar-refractivity contribution in [2.45, 2.75) is 33.2 Å². The molecular formula is C13H20ClN5O. The lowest BCUT2D eigenvalue weighted by Gasteiger charge is -2.09. The molecule has 0 aliphatic heterocycles. The van der Waals surface area contributed by atoms with Crippen molar-refractivity contribution in [3.05, 3.63) is 11.5 Å². The number of carbonyl (C=O) groups excluding carboxylic acids is 1. The lowest BCUT2D eigenvalue weighted by Crippen LogP contribution is -2.25. The van der Waals surface area contributed by atoms with E-state index in [0.717, 1.165) is 29.1 Å². The molecular weight excluding hydrogens is 278 g/mol. The van der Waals surface area contributed by atoms with Crippen molar-refractivity contribution in [3.8, 4) is 0 Å². The maximum Gasteiger partial charge on any atom is 0.216 e. The average Bonchev–Trinajstić information content (AvgIpc) is 2.89. The summed E-state index contributed by atoms with van der Waals surface area (Å²) < 4.78 is 3.95. The number of halogens is 1. The van der Waals surface area contributed by atoms with Crippen LogP contribution >= 0.6 is 11.6 Å². The zero-order valence-corrected chi connectivity index (χ0v) is 12.9. The molecule has 2 rings (SSSR count). The molecule has 7 heteroatoms. The molecule has 0 saturated carbocycles. The van der Waals surface area contributed by atoms with Gasteiger partial charge >= 0.3 is 0 Å². The van der Waals surface area contributed by atoms with Crippen LogP contribution in [0.2, 0.25) is 0 Å². The van der Waals surface area contributed by atoms with Gasteiger partial charge in [-0.25, -0.2) is 4.98 Å². The number of aryl methyl sites for hydroxylation is 3. The van der Waals surface area contributed by atoms with E-state index >= 15 is 0 Å². The van der Waals surface area contributed by atoms with Crippen LogP contribution in [-0.4, -0.2) is 37.7 Å². The molecule has 0 atom stereocenters. The smallest absolute Gasteiger partial charge is 0.216 e. The molecule has 0 spiro atoms. The van der Waals surface area contributed by atoms with Gasteiger partial charge in [-0.2, -0.15) is 5.10 Å². The Balaban J connectivity index is 2.39. The topological polar surface area (TPSA) is 64.7 Å². The number of nitrogens with one attached hydrogen (secondary N) is 1. The summed E-state index contributed by atoms with van der Waals surface area (Å²) in [4.78, 5) is 15.7. The molecule has 0 aliphatic rings. The highest BCUT2D eigenvalue weighted by atomic mass is 35.5. The molecule has 2 aromatic heterocycles. The maximum atomic E-state index is 11.0. The minimum Gasteiger partial charge on any atom is -0.355 e. The highest BCUT2D eigenvalue weighted by molar-refractivity contribution is 6.17. The SMILES string of the molecule is CCc1nn(C)c2c1nc(CCCl)n2CCNC(C)=O. The van der Waals surface area contributed by atoms with Gasteiger partial charge in [0.1, 0.15) is 11.3 Å². The third kappa shape index (κ3) is 2.80. The number of aromatic nitrogens is 4. The first-order chi connectivity index (χ1) is 9.58. The van der Waals surface area contributed by atoms with E-state index in [0.29, 0.717) is 25.4 Å². The van der Waals surface area contributed by atoms with Crippen molar-refractivity contribution in [3.63, 3.8) is 0 Å². The monoisotopic (exact) mass is 297 g/mol. The van der Waals surface area contributed by atoms with Crippen LogP contribution in [0.4, 0.5) is 0 Å². The van der Waals surface area contributed by atoms with Gasteiger partial charge in [0.25, 0.3) is 0 Å². The Morgan fingerprint density at radius 2 is 2.20 bits per heavy atom. The Bertz CT molecular complexity index is 616. The second kappa shape index (κ2) is 6.26. The van der Waals surface area contributed by atoms with Crippen LogP contribution in [0.15, 0.2) is 0 Å². The van der Waals surface area contributed by atoms with E-state index < -0.39 is 0 Å². The molecule has 110 valence electrons. The van der Waals surface area contributed by atoms with E-state index in [1.54, 1.807) is 0 Å². The van der Waals surface area contributed by atoms with Gasteiger partial charge in [0.05, 0.1) is 5.69 Å². The Hall–Kier alpha value is -1.56. The molecule has 0 saturated heterocycles. The standard InChI is InChI=1S/C13H20ClN5O/c1-4-10-12-13(18(3)17-10)19(8-7-15-9(2)20)11(16-12)5-6-14/h4-8H2,1-3H3,(H,15,20). The van der Waals surface area contributed by atoms with E-state index in [1.807, 2.05) is 11.7 Å². The lowest BCUT2D eigenvalue weighted by atomic mass is 10.3. The molecule has 0 aliphatic carbocycles. The molecule has 0 unspecified atom stereocenters. The second-order valence-electron chi connectivity index (χ2n) is 4.70. The zero-order valence-electron chi connectivity index (χ0n) is 12.1. The Labute approximate surface area is 123 Å². The van der Waals surface area contributed by atoms with Gasteiger partial charge in [0.2, 0.25) is 5.91 Å². The number of carbonyl (C=O) groups is 1. The molecule has 0 aromatic carbocycles. The van der Waals surface area contributed by atoms with E-state index in [4.69, 9.17) is 11.6 Å². The van der Waals surface area contributed by atoms with E-state index in [2.05, 4.69) is 26.9 Å². The predicted octanol–water partition coefficient (Wildman–Crippen LogP) is 1.25.